The smallest absolute Gasteiger partial charge is 0.387 e. The van der Waals surface area contributed by atoms with Gasteiger partial charge >= 0.3 is 6.61 Å². The number of furan rings is 1. The van der Waals surface area contributed by atoms with Crippen molar-refractivity contribution in [3.8, 4) is 11.5 Å². The first-order valence-electron chi connectivity index (χ1n) is 9.80. The van der Waals surface area contributed by atoms with E-state index in [0.29, 0.717) is 37.3 Å². The van der Waals surface area contributed by atoms with E-state index in [4.69, 9.17) is 13.9 Å². The highest BCUT2D eigenvalue weighted by Crippen LogP contribution is 2.34. The third-order valence-electron chi connectivity index (χ3n) is 4.97. The first-order valence-corrected chi connectivity index (χ1v) is 9.80. The minimum Gasteiger partial charge on any atom is -0.493 e. The molecule has 0 spiro atoms. The number of hydrogen-bond acceptors (Lipinski definition) is 6. The zero-order chi connectivity index (χ0) is 22.7. The predicted octanol–water partition coefficient (Wildman–Crippen LogP) is 3.77. The van der Waals surface area contributed by atoms with Gasteiger partial charge in [0.1, 0.15) is 11.3 Å². The van der Waals surface area contributed by atoms with Crippen molar-refractivity contribution in [3.63, 3.8) is 0 Å². The molecule has 32 heavy (non-hydrogen) atoms. The molecule has 2 aromatic carbocycles. The van der Waals surface area contributed by atoms with Crippen LogP contribution in [0, 0.1) is 0 Å². The summed E-state index contributed by atoms with van der Waals surface area (Å²) in [5.74, 6) is -1.16. The van der Waals surface area contributed by atoms with E-state index in [1.165, 1.54) is 25.3 Å². The highest BCUT2D eigenvalue weighted by molar-refractivity contribution is 6.14. The third-order valence-corrected chi connectivity index (χ3v) is 4.97. The second-order valence-corrected chi connectivity index (χ2v) is 6.91. The number of amides is 2. The molecule has 0 unspecified atom stereocenters. The van der Waals surface area contributed by atoms with Crippen molar-refractivity contribution in [2.24, 2.45) is 0 Å². The molecule has 2 amide bonds. The summed E-state index contributed by atoms with van der Waals surface area (Å²) in [6, 6.07) is 10.8. The van der Waals surface area contributed by atoms with Crippen LogP contribution < -0.4 is 14.8 Å². The summed E-state index contributed by atoms with van der Waals surface area (Å²) in [5.41, 5.74) is 0.796. The largest absolute Gasteiger partial charge is 0.493 e. The number of ether oxygens (including phenoxy) is 3. The summed E-state index contributed by atoms with van der Waals surface area (Å²) in [6.07, 6.45) is 0. The van der Waals surface area contributed by atoms with Gasteiger partial charge in [-0.1, -0.05) is 12.1 Å². The van der Waals surface area contributed by atoms with Crippen molar-refractivity contribution in [2.45, 2.75) is 6.61 Å². The Morgan fingerprint density at radius 3 is 2.56 bits per heavy atom. The molecule has 3 aromatic rings. The number of benzene rings is 2. The maximum absolute atomic E-state index is 13.1. The van der Waals surface area contributed by atoms with Gasteiger partial charge in [0.25, 0.3) is 11.8 Å². The molecule has 0 radical (unpaired) electrons. The predicted molar refractivity (Wildman–Crippen MR) is 111 cm³/mol. The maximum Gasteiger partial charge on any atom is 0.387 e. The van der Waals surface area contributed by atoms with Crippen LogP contribution in [0.5, 0.6) is 11.5 Å². The highest BCUT2D eigenvalue weighted by Gasteiger charge is 2.28. The molecule has 0 bridgehead atoms. The van der Waals surface area contributed by atoms with Gasteiger partial charge in [0, 0.05) is 24.0 Å². The van der Waals surface area contributed by atoms with E-state index in [0.717, 1.165) is 0 Å². The van der Waals surface area contributed by atoms with Crippen molar-refractivity contribution >= 4 is 28.5 Å². The first-order chi connectivity index (χ1) is 15.5. The van der Waals surface area contributed by atoms with Crippen LogP contribution in [-0.4, -0.2) is 56.7 Å². The number of alkyl halides is 2. The molecule has 1 aliphatic heterocycles. The fourth-order valence-corrected chi connectivity index (χ4v) is 3.42. The second-order valence-electron chi connectivity index (χ2n) is 6.91. The van der Waals surface area contributed by atoms with Gasteiger partial charge in [-0.3, -0.25) is 9.59 Å². The van der Waals surface area contributed by atoms with Crippen LogP contribution in [0.25, 0.3) is 11.0 Å². The number of halogens is 2. The topological polar surface area (TPSA) is 90.2 Å². The molecule has 10 heteroatoms. The van der Waals surface area contributed by atoms with Crippen molar-refractivity contribution in [3.05, 3.63) is 53.8 Å². The molecule has 1 saturated heterocycles. The van der Waals surface area contributed by atoms with E-state index in [9.17, 15) is 18.4 Å². The molecule has 2 heterocycles. The average molecular weight is 446 g/mol. The van der Waals surface area contributed by atoms with Crippen molar-refractivity contribution in [1.82, 2.24) is 4.90 Å². The molecule has 1 aromatic heterocycles. The lowest BCUT2D eigenvalue weighted by Crippen LogP contribution is -2.40. The van der Waals surface area contributed by atoms with Crippen LogP contribution in [-0.2, 0) is 4.74 Å². The third kappa shape index (κ3) is 4.35. The number of methoxy groups -OCH3 is 1. The lowest BCUT2D eigenvalue weighted by atomic mass is 10.1. The number of anilines is 1. The summed E-state index contributed by atoms with van der Waals surface area (Å²) in [7, 11) is 1.28. The number of fused-ring (bicyclic) bond motifs is 1. The molecule has 1 fully saturated rings. The van der Waals surface area contributed by atoms with E-state index < -0.39 is 12.5 Å². The van der Waals surface area contributed by atoms with E-state index >= 15 is 0 Å². The lowest BCUT2D eigenvalue weighted by Gasteiger charge is -2.26. The van der Waals surface area contributed by atoms with E-state index in [-0.39, 0.29) is 34.4 Å². The first kappa shape index (κ1) is 21.6. The van der Waals surface area contributed by atoms with Crippen LogP contribution in [0.1, 0.15) is 20.9 Å². The van der Waals surface area contributed by atoms with Gasteiger partial charge in [-0.15, -0.1) is 0 Å². The molecule has 168 valence electrons. The van der Waals surface area contributed by atoms with Crippen LogP contribution in [0.15, 0.2) is 46.9 Å². The maximum atomic E-state index is 13.1. The highest BCUT2D eigenvalue weighted by atomic mass is 19.3. The second kappa shape index (κ2) is 9.23. The molecule has 4 rings (SSSR count). The Labute approximate surface area is 181 Å². The molecular weight excluding hydrogens is 426 g/mol. The van der Waals surface area contributed by atoms with Crippen molar-refractivity contribution in [1.29, 1.82) is 0 Å². The number of nitrogens with zero attached hydrogens (tertiary/aromatic N) is 1. The molecule has 1 aliphatic rings. The Bertz CT molecular complexity index is 1140. The zero-order valence-corrected chi connectivity index (χ0v) is 17.1. The van der Waals surface area contributed by atoms with E-state index in [2.05, 4.69) is 10.1 Å². The summed E-state index contributed by atoms with van der Waals surface area (Å²) in [4.78, 5) is 27.6. The number of hydrogen-bond donors (Lipinski definition) is 1. The quantitative estimate of drug-likeness (QED) is 0.620. The summed E-state index contributed by atoms with van der Waals surface area (Å²) in [5, 5.41) is 3.28. The summed E-state index contributed by atoms with van der Waals surface area (Å²) in [6.45, 7) is -1.38. The van der Waals surface area contributed by atoms with Crippen LogP contribution in [0.4, 0.5) is 14.5 Å². The normalized spacial score (nSPS) is 13.9. The Hall–Kier alpha value is -3.66. The molecule has 0 atom stereocenters. The standard InChI is InChI=1S/C22H20F2N2O6/c1-29-17-12-13(6-7-16(17)32-22(23)24)20(27)25-18-14-4-2-3-5-15(14)31-19(18)21(28)26-8-10-30-11-9-26/h2-7,12,22H,8-11H2,1H3,(H,25,27). The molecule has 1 N–H and O–H groups in total. The average Bonchev–Trinajstić information content (AvgIpc) is 3.17. The van der Waals surface area contributed by atoms with E-state index in [1.54, 1.807) is 29.2 Å². The number of rotatable bonds is 6. The number of carbonyl (C=O) groups excluding carboxylic acids is 2. The van der Waals surface area contributed by atoms with Crippen LogP contribution in [0.3, 0.4) is 0 Å². The Kier molecular flexibility index (Phi) is 6.22. The van der Waals surface area contributed by atoms with Crippen LogP contribution >= 0.6 is 0 Å². The lowest BCUT2D eigenvalue weighted by molar-refractivity contribution is -0.0512. The van der Waals surface area contributed by atoms with Crippen molar-refractivity contribution < 1.29 is 37.0 Å². The van der Waals surface area contributed by atoms with Crippen molar-refractivity contribution in [2.75, 3.05) is 38.7 Å². The Morgan fingerprint density at radius 2 is 1.84 bits per heavy atom. The molecule has 8 nitrogen and oxygen atoms in total. The number of morpholine rings is 1. The van der Waals surface area contributed by atoms with Gasteiger partial charge in [-0.2, -0.15) is 8.78 Å². The van der Waals surface area contributed by atoms with Gasteiger partial charge in [0.2, 0.25) is 5.76 Å². The van der Waals surface area contributed by atoms with Gasteiger partial charge in [-0.25, -0.2) is 0 Å². The van der Waals surface area contributed by atoms with Gasteiger partial charge in [-0.05, 0) is 30.3 Å². The zero-order valence-electron chi connectivity index (χ0n) is 17.1. The minimum absolute atomic E-state index is 0.00562. The molecule has 0 aliphatic carbocycles. The fraction of sp³-hybridized carbons (Fsp3) is 0.273. The molecule has 0 saturated carbocycles. The number of nitrogens with one attached hydrogen (secondary N) is 1. The van der Waals surface area contributed by atoms with Gasteiger partial charge in [0.05, 0.1) is 20.3 Å². The van der Waals surface area contributed by atoms with E-state index in [1.807, 2.05) is 0 Å². The SMILES string of the molecule is COc1cc(C(=O)Nc2c(C(=O)N3CCOCC3)oc3ccccc23)ccc1OC(F)F. The summed E-state index contributed by atoms with van der Waals surface area (Å²) < 4.78 is 45.6. The number of carbonyl (C=O) groups is 2. The Morgan fingerprint density at radius 1 is 1.09 bits per heavy atom. The Balaban J connectivity index is 1.66. The molecular formula is C22H20F2N2O6. The monoisotopic (exact) mass is 446 g/mol. The number of para-hydroxylation sites is 1. The minimum atomic E-state index is -3.03. The van der Waals surface area contributed by atoms with Gasteiger partial charge in [0.15, 0.2) is 11.5 Å². The van der Waals surface area contributed by atoms with Crippen LogP contribution in [0.2, 0.25) is 0 Å². The summed E-state index contributed by atoms with van der Waals surface area (Å²) >= 11 is 0. The van der Waals surface area contributed by atoms with Gasteiger partial charge < -0.3 is 28.8 Å². The fourth-order valence-electron chi connectivity index (χ4n) is 3.42.